The standard InChI is InChI=1S/C64H87N15O15S/c1-5-34(2)54(79-59(88)45(21-13-14-26-65)74-57(86)46(22-24-51(67)80)75-58(87)47(23-25-53(82)83)73-56(85)42(66)27-37-15-7-6-8-16-37)63(92)70-32-52(81)71-35(3)55(84)76-48(28-38-30-68-43-19-11-9-17-40(38)43)60(89)77-49(29-39-31-69-44-20-12-10-18-41(39)44)61(90)78-50(33-95)62(91)72-36(4)64(93)94/h6-12,15-20,30-31,34-36,42,45-50,54,68-69,95H,5,13-14,21-29,32-33,65-66H2,1-4H3,(H2,67,80)(H,70,92)(H,71,81)(H,72,91)(H,73,85)(H,74,86)(H,75,87)(H,76,84)(H,77,89)(H,78,90)(H,79,88)(H,82,83)(H,93,94)/t34-,35-,36-,42-,45-,46-,47-,48-,49-,50-,54-/m0/s1. The molecule has 0 radical (unpaired) electrons. The van der Waals surface area contributed by atoms with Crippen molar-refractivity contribution in [3.05, 3.63) is 108 Å². The number of benzene rings is 3. The summed E-state index contributed by atoms with van der Waals surface area (Å²) in [5.41, 5.74) is 20.7. The molecular formula is C64H87N15O15S. The van der Waals surface area contributed by atoms with E-state index in [4.69, 9.17) is 17.2 Å². The molecule has 0 spiro atoms. The number of H-pyrrole nitrogens is 2. The van der Waals surface area contributed by atoms with Gasteiger partial charge in [-0.25, -0.2) is 0 Å². The van der Waals surface area contributed by atoms with Crippen LogP contribution in [-0.4, -0.2) is 176 Å². The largest absolute Gasteiger partial charge is 0.481 e. The molecule has 31 heteroatoms. The number of hydrogen-bond donors (Lipinski definition) is 18. The zero-order chi connectivity index (χ0) is 69.9. The summed E-state index contributed by atoms with van der Waals surface area (Å²) in [6.45, 7) is 5.41. The van der Waals surface area contributed by atoms with E-state index in [-0.39, 0.29) is 44.4 Å². The number of aliphatic carboxylic acids is 2. The molecule has 20 N–H and O–H groups in total. The van der Waals surface area contributed by atoms with E-state index in [9.17, 15) is 72.5 Å². The smallest absolute Gasteiger partial charge is 0.325 e. The van der Waals surface area contributed by atoms with Crippen molar-refractivity contribution in [2.24, 2.45) is 23.1 Å². The van der Waals surface area contributed by atoms with E-state index in [2.05, 4.69) is 75.8 Å². The molecule has 0 aliphatic heterocycles. The number of carboxylic acid groups (broad SMARTS) is 2. The van der Waals surface area contributed by atoms with Gasteiger partial charge in [0.25, 0.3) is 0 Å². The number of nitrogens with one attached hydrogen (secondary N) is 12. The van der Waals surface area contributed by atoms with Crippen LogP contribution in [0.25, 0.3) is 21.8 Å². The van der Waals surface area contributed by atoms with Crippen molar-refractivity contribution < 1.29 is 72.5 Å². The molecule has 11 amide bonds. The molecule has 0 fully saturated rings. The number of thiol groups is 1. The number of carbonyl (C=O) groups excluding carboxylic acids is 11. The molecule has 2 aromatic heterocycles. The number of rotatable bonds is 40. The number of carboxylic acids is 2. The monoisotopic (exact) mass is 1340 g/mol. The number of aromatic nitrogens is 2. The summed E-state index contributed by atoms with van der Waals surface area (Å²) >= 11 is 4.22. The second-order valence-corrected chi connectivity index (χ2v) is 23.5. The Labute approximate surface area is 553 Å². The normalized spacial score (nSPS) is 14.6. The van der Waals surface area contributed by atoms with Crippen molar-refractivity contribution in [1.82, 2.24) is 63.1 Å². The van der Waals surface area contributed by atoms with E-state index >= 15 is 0 Å². The summed E-state index contributed by atoms with van der Waals surface area (Å²) in [7, 11) is 0. The summed E-state index contributed by atoms with van der Waals surface area (Å²) in [5.74, 6) is -13.1. The number of unbranched alkanes of at least 4 members (excludes halogenated alkanes) is 1. The van der Waals surface area contributed by atoms with Gasteiger partial charge in [-0.05, 0) is 93.7 Å². The van der Waals surface area contributed by atoms with Crippen LogP contribution in [0.15, 0.2) is 91.3 Å². The molecule has 0 saturated heterocycles. The van der Waals surface area contributed by atoms with Gasteiger partial charge >= 0.3 is 11.9 Å². The van der Waals surface area contributed by atoms with Crippen molar-refractivity contribution in [2.75, 3.05) is 18.8 Å². The number of hydrogen-bond acceptors (Lipinski definition) is 16. The molecule has 5 rings (SSSR count). The van der Waals surface area contributed by atoms with Gasteiger partial charge in [0.2, 0.25) is 65.0 Å². The first-order chi connectivity index (χ1) is 45.2. The van der Waals surface area contributed by atoms with E-state index in [1.165, 1.54) is 13.8 Å². The summed E-state index contributed by atoms with van der Waals surface area (Å²) in [4.78, 5) is 181. The fourth-order valence-electron chi connectivity index (χ4n) is 10.1. The highest BCUT2D eigenvalue weighted by atomic mass is 32.1. The van der Waals surface area contributed by atoms with Gasteiger partial charge in [-0.3, -0.25) is 62.3 Å². The lowest BCUT2D eigenvalue weighted by Crippen LogP contribution is -2.60. The topological polar surface area (TPSA) is 492 Å². The minimum atomic E-state index is -1.58. The first kappa shape index (κ1) is 75.8. The maximum atomic E-state index is 14.7. The van der Waals surface area contributed by atoms with Gasteiger partial charge in [0.15, 0.2) is 0 Å². The Hall–Kier alpha value is -9.88. The van der Waals surface area contributed by atoms with Crippen molar-refractivity contribution in [1.29, 1.82) is 0 Å². The molecule has 0 saturated carbocycles. The van der Waals surface area contributed by atoms with Crippen molar-refractivity contribution in [3.63, 3.8) is 0 Å². The summed E-state index contributed by atoms with van der Waals surface area (Å²) in [6, 6.07) is 9.22. The van der Waals surface area contributed by atoms with E-state index in [0.717, 1.165) is 10.9 Å². The van der Waals surface area contributed by atoms with Crippen LogP contribution in [0.2, 0.25) is 0 Å². The minimum absolute atomic E-state index is 0.0434. The van der Waals surface area contributed by atoms with Gasteiger partial charge in [-0.2, -0.15) is 12.6 Å². The summed E-state index contributed by atoms with van der Waals surface area (Å²) in [5, 5.41) is 45.7. The lowest BCUT2D eigenvalue weighted by atomic mass is 9.97. The summed E-state index contributed by atoms with van der Waals surface area (Å²) in [6.07, 6.45) is 2.19. The highest BCUT2D eigenvalue weighted by Crippen LogP contribution is 2.22. The van der Waals surface area contributed by atoms with Crippen LogP contribution in [0, 0.1) is 5.92 Å². The van der Waals surface area contributed by atoms with E-state index in [0.29, 0.717) is 40.4 Å². The first-order valence-electron chi connectivity index (χ1n) is 31.2. The highest BCUT2D eigenvalue weighted by molar-refractivity contribution is 7.80. The van der Waals surface area contributed by atoms with Gasteiger partial charge in [0, 0.05) is 65.6 Å². The average Bonchev–Trinajstić information content (AvgIpc) is 1.73. The average molecular weight is 1340 g/mol. The zero-order valence-corrected chi connectivity index (χ0v) is 54.2. The van der Waals surface area contributed by atoms with Crippen LogP contribution in [-0.2, 0) is 81.6 Å². The fraction of sp³-hybridized carbons (Fsp3) is 0.453. The lowest BCUT2D eigenvalue weighted by molar-refractivity contribution is -0.141. The van der Waals surface area contributed by atoms with Crippen LogP contribution in [0.4, 0.5) is 0 Å². The van der Waals surface area contributed by atoms with Crippen molar-refractivity contribution in [2.45, 2.75) is 159 Å². The highest BCUT2D eigenvalue weighted by Gasteiger charge is 2.36. The molecule has 2 heterocycles. The third-order valence-electron chi connectivity index (χ3n) is 15.8. The van der Waals surface area contributed by atoms with Crippen LogP contribution in [0.5, 0.6) is 0 Å². The van der Waals surface area contributed by atoms with Crippen molar-refractivity contribution in [3.8, 4) is 0 Å². The quantitative estimate of drug-likeness (QED) is 0.0163. The van der Waals surface area contributed by atoms with E-state index in [1.54, 1.807) is 99.0 Å². The number of nitrogens with two attached hydrogens (primary N) is 3. The fourth-order valence-corrected chi connectivity index (χ4v) is 10.4. The Morgan fingerprint density at radius 1 is 0.505 bits per heavy atom. The first-order valence-corrected chi connectivity index (χ1v) is 31.8. The predicted octanol–water partition coefficient (Wildman–Crippen LogP) is -1.16. The molecular weight excluding hydrogens is 1250 g/mol. The molecule has 95 heavy (non-hydrogen) atoms. The Kier molecular flexibility index (Phi) is 30.1. The third-order valence-corrected chi connectivity index (χ3v) is 16.2. The number of amides is 11. The number of para-hydroxylation sites is 2. The zero-order valence-electron chi connectivity index (χ0n) is 53.3. The Balaban J connectivity index is 1.29. The lowest BCUT2D eigenvalue weighted by Gasteiger charge is -2.28. The minimum Gasteiger partial charge on any atom is -0.481 e. The van der Waals surface area contributed by atoms with E-state index in [1.807, 2.05) is 6.07 Å². The van der Waals surface area contributed by atoms with Crippen LogP contribution in [0.3, 0.4) is 0 Å². The molecule has 3 aromatic carbocycles. The molecule has 0 unspecified atom stereocenters. The molecule has 0 aliphatic rings. The number of aromatic amines is 2. The predicted molar refractivity (Wildman–Crippen MR) is 353 cm³/mol. The Morgan fingerprint density at radius 2 is 0.968 bits per heavy atom. The molecule has 30 nitrogen and oxygen atoms in total. The molecule has 0 bridgehead atoms. The number of fused-ring (bicyclic) bond motifs is 2. The number of primary amides is 1. The summed E-state index contributed by atoms with van der Waals surface area (Å²) < 4.78 is 0. The van der Waals surface area contributed by atoms with Gasteiger partial charge in [0.1, 0.15) is 54.4 Å². The SMILES string of the molecule is CC[C@H](C)[C@H](NC(=O)[C@H](CCCCN)NC(=O)[C@H](CCC(N)=O)NC(=O)[C@H](CCC(=O)O)NC(=O)[C@@H](N)Cc1ccccc1)C(=O)NCC(=O)N[C@@H](C)C(=O)N[C@@H](Cc1c[nH]c2ccccc12)C(=O)N[C@@H](Cc1c[nH]c2ccccc12)C(=O)N[C@@H](CS)C(=O)N[C@@H](C)C(=O)O. The van der Waals surface area contributed by atoms with Crippen LogP contribution >= 0.6 is 12.6 Å². The van der Waals surface area contributed by atoms with Crippen LogP contribution < -0.4 is 70.4 Å². The maximum absolute atomic E-state index is 14.7. The molecule has 0 aliphatic carbocycles. The second-order valence-electron chi connectivity index (χ2n) is 23.1. The number of carbonyl (C=O) groups is 13. The molecule has 514 valence electrons. The van der Waals surface area contributed by atoms with Gasteiger partial charge < -0.3 is 90.5 Å². The second kappa shape index (κ2) is 37.7. The van der Waals surface area contributed by atoms with E-state index < -0.39 is 175 Å². The van der Waals surface area contributed by atoms with Gasteiger partial charge in [-0.15, -0.1) is 0 Å². The van der Waals surface area contributed by atoms with Crippen LogP contribution in [0.1, 0.15) is 95.8 Å². The Bertz CT molecular complexity index is 3510. The van der Waals surface area contributed by atoms with Gasteiger partial charge in [0.05, 0.1) is 12.6 Å². The van der Waals surface area contributed by atoms with Gasteiger partial charge in [-0.1, -0.05) is 87.0 Å². The molecule has 11 atom stereocenters. The Morgan fingerprint density at radius 3 is 1.48 bits per heavy atom. The maximum Gasteiger partial charge on any atom is 0.325 e. The molecule has 5 aromatic rings. The van der Waals surface area contributed by atoms with Crippen molar-refractivity contribution >= 4 is 111 Å². The third kappa shape index (κ3) is 23.9.